The Hall–Kier alpha value is -1.99. The van der Waals surface area contributed by atoms with Crippen LogP contribution in [0.4, 0.5) is 0 Å². The molecule has 0 radical (unpaired) electrons. The maximum Gasteiger partial charge on any atom is 0.256 e. The fourth-order valence-corrected chi connectivity index (χ4v) is 3.15. The number of imide groups is 1. The third-order valence-corrected chi connectivity index (χ3v) is 4.50. The number of hydroxylamine groups is 1. The summed E-state index contributed by atoms with van der Waals surface area (Å²) in [7, 11) is 0. The fraction of sp³-hybridized carbons (Fsp3) is 0.438. The minimum absolute atomic E-state index is 0.141. The molecule has 0 spiro atoms. The predicted octanol–water partition coefficient (Wildman–Crippen LogP) is 2.35. The van der Waals surface area contributed by atoms with Crippen LogP contribution in [0.15, 0.2) is 23.1 Å². The number of unbranched alkanes of at least 4 members (excludes halogenated alkanes) is 3. The van der Waals surface area contributed by atoms with Crippen LogP contribution in [0.1, 0.15) is 43.4 Å². The second kappa shape index (κ2) is 8.59. The first-order chi connectivity index (χ1) is 11.1. The van der Waals surface area contributed by atoms with Crippen LogP contribution in [0.2, 0.25) is 0 Å². The van der Waals surface area contributed by atoms with E-state index in [0.29, 0.717) is 18.5 Å². The highest BCUT2D eigenvalue weighted by molar-refractivity contribution is 7.10. The molecule has 0 aliphatic carbocycles. The summed E-state index contributed by atoms with van der Waals surface area (Å²) in [5.74, 6) is -0.723. The lowest BCUT2D eigenvalue weighted by molar-refractivity contribution is -0.137. The molecule has 7 heteroatoms. The Kier molecular flexibility index (Phi) is 6.49. The van der Waals surface area contributed by atoms with Crippen LogP contribution in [0.25, 0.3) is 6.08 Å². The fourth-order valence-electron chi connectivity index (χ4n) is 2.47. The summed E-state index contributed by atoms with van der Waals surface area (Å²) in [5, 5.41) is 10.3. The molecule has 1 saturated heterocycles. The van der Waals surface area contributed by atoms with Gasteiger partial charge < -0.3 is 0 Å². The number of amides is 3. The molecular formula is C16H20N2O4S. The van der Waals surface area contributed by atoms with E-state index < -0.39 is 5.91 Å². The summed E-state index contributed by atoms with van der Waals surface area (Å²) in [6.45, 7) is 0.422. The Morgan fingerprint density at radius 2 is 2.09 bits per heavy atom. The molecule has 2 heterocycles. The quantitative estimate of drug-likeness (QED) is 0.251. The number of nitrogens with zero attached hydrogens (tertiary/aromatic N) is 1. The average Bonchev–Trinajstić information content (AvgIpc) is 3.13. The monoisotopic (exact) mass is 336 g/mol. The van der Waals surface area contributed by atoms with Gasteiger partial charge in [-0.2, -0.15) is 0 Å². The number of thiophene rings is 1. The molecule has 3 amide bonds. The minimum Gasteiger partial charge on any atom is -0.289 e. The molecule has 0 unspecified atom stereocenters. The van der Waals surface area contributed by atoms with Crippen molar-refractivity contribution in [3.05, 3.63) is 28.0 Å². The van der Waals surface area contributed by atoms with Crippen LogP contribution in [-0.4, -0.2) is 34.4 Å². The summed E-state index contributed by atoms with van der Waals surface area (Å²) < 4.78 is 0. The SMILES string of the molecule is O=C(CCCCCCN1C(=O)C/C(=C\c2cccs2)C1=O)NO. The Morgan fingerprint density at radius 1 is 1.30 bits per heavy atom. The predicted molar refractivity (Wildman–Crippen MR) is 86.6 cm³/mol. The van der Waals surface area contributed by atoms with Gasteiger partial charge >= 0.3 is 0 Å². The van der Waals surface area contributed by atoms with Crippen molar-refractivity contribution in [2.75, 3.05) is 6.54 Å². The van der Waals surface area contributed by atoms with Crippen LogP contribution in [0.3, 0.4) is 0 Å². The maximum atomic E-state index is 12.3. The maximum absolute atomic E-state index is 12.3. The van der Waals surface area contributed by atoms with Crippen molar-refractivity contribution in [3.63, 3.8) is 0 Å². The third kappa shape index (κ3) is 5.01. The number of hydrogen-bond donors (Lipinski definition) is 2. The van der Waals surface area contributed by atoms with Crippen molar-refractivity contribution in [2.45, 2.75) is 38.5 Å². The zero-order valence-electron chi connectivity index (χ0n) is 12.8. The molecule has 0 saturated carbocycles. The summed E-state index contributed by atoms with van der Waals surface area (Å²) in [4.78, 5) is 37.3. The van der Waals surface area contributed by atoms with Crippen LogP contribution in [-0.2, 0) is 14.4 Å². The van der Waals surface area contributed by atoms with Crippen LogP contribution in [0, 0.1) is 0 Å². The van der Waals surface area contributed by atoms with E-state index in [-0.39, 0.29) is 24.7 Å². The van der Waals surface area contributed by atoms with Gasteiger partial charge in [0.1, 0.15) is 0 Å². The lowest BCUT2D eigenvalue weighted by Gasteiger charge is -2.12. The van der Waals surface area contributed by atoms with E-state index in [0.717, 1.165) is 24.1 Å². The van der Waals surface area contributed by atoms with E-state index in [1.165, 1.54) is 16.2 Å². The van der Waals surface area contributed by atoms with Crippen LogP contribution >= 0.6 is 11.3 Å². The highest BCUT2D eigenvalue weighted by atomic mass is 32.1. The summed E-state index contributed by atoms with van der Waals surface area (Å²) >= 11 is 1.54. The highest BCUT2D eigenvalue weighted by Crippen LogP contribution is 2.23. The second-order valence-electron chi connectivity index (χ2n) is 5.41. The molecule has 1 aromatic rings. The number of carbonyl (C=O) groups excluding carboxylic acids is 3. The Morgan fingerprint density at radius 3 is 2.78 bits per heavy atom. The van der Waals surface area contributed by atoms with E-state index >= 15 is 0 Å². The highest BCUT2D eigenvalue weighted by Gasteiger charge is 2.33. The number of nitrogens with one attached hydrogen (secondary N) is 1. The lowest BCUT2D eigenvalue weighted by atomic mass is 10.1. The molecule has 1 aliphatic rings. The number of likely N-dealkylation sites (tertiary alicyclic amines) is 1. The van der Waals surface area contributed by atoms with Gasteiger partial charge in [0, 0.05) is 23.4 Å². The number of carbonyl (C=O) groups is 3. The standard InChI is InChI=1S/C16H20N2O4S/c19-14(17-22)7-3-1-2-4-8-18-15(20)11-12(16(18)21)10-13-6-5-9-23-13/h5-6,9-10,22H,1-4,7-8,11H2,(H,17,19)/b12-10+. The Balaban J connectivity index is 1.74. The first kappa shape index (κ1) is 17.4. The van der Waals surface area contributed by atoms with Gasteiger partial charge in [-0.3, -0.25) is 24.5 Å². The van der Waals surface area contributed by atoms with E-state index in [1.54, 1.807) is 11.6 Å². The van der Waals surface area contributed by atoms with E-state index in [1.807, 2.05) is 17.5 Å². The van der Waals surface area contributed by atoms with Gasteiger partial charge in [-0.15, -0.1) is 11.3 Å². The molecule has 23 heavy (non-hydrogen) atoms. The van der Waals surface area contributed by atoms with Crippen molar-refractivity contribution < 1.29 is 19.6 Å². The van der Waals surface area contributed by atoms with Gasteiger partial charge in [0.25, 0.3) is 5.91 Å². The van der Waals surface area contributed by atoms with Gasteiger partial charge in [-0.25, -0.2) is 5.48 Å². The number of rotatable bonds is 8. The molecule has 2 rings (SSSR count). The van der Waals surface area contributed by atoms with Gasteiger partial charge in [0.15, 0.2) is 0 Å². The minimum atomic E-state index is -0.391. The van der Waals surface area contributed by atoms with Gasteiger partial charge in [0.2, 0.25) is 11.8 Å². The van der Waals surface area contributed by atoms with E-state index in [9.17, 15) is 14.4 Å². The second-order valence-corrected chi connectivity index (χ2v) is 6.39. The number of hydrogen-bond acceptors (Lipinski definition) is 5. The molecule has 0 aromatic carbocycles. The molecule has 124 valence electrons. The summed E-state index contributed by atoms with van der Waals surface area (Å²) in [6, 6.07) is 3.83. The van der Waals surface area contributed by atoms with Crippen molar-refractivity contribution >= 4 is 35.1 Å². The Labute approximate surface area is 138 Å². The lowest BCUT2D eigenvalue weighted by Crippen LogP contribution is -2.30. The molecule has 0 bridgehead atoms. The molecule has 6 nitrogen and oxygen atoms in total. The summed E-state index contributed by atoms with van der Waals surface area (Å²) in [6.07, 6.45) is 5.31. The largest absolute Gasteiger partial charge is 0.289 e. The normalized spacial score (nSPS) is 16.4. The molecule has 1 aromatic heterocycles. The van der Waals surface area contributed by atoms with Crippen LogP contribution < -0.4 is 5.48 Å². The molecular weight excluding hydrogens is 316 g/mol. The van der Waals surface area contributed by atoms with E-state index in [4.69, 9.17) is 5.21 Å². The first-order valence-electron chi connectivity index (χ1n) is 7.63. The third-order valence-electron chi connectivity index (χ3n) is 3.68. The van der Waals surface area contributed by atoms with Crippen molar-refractivity contribution in [1.29, 1.82) is 0 Å². The van der Waals surface area contributed by atoms with Gasteiger partial charge in [-0.05, 0) is 30.4 Å². The molecule has 1 fully saturated rings. The van der Waals surface area contributed by atoms with E-state index in [2.05, 4.69) is 0 Å². The first-order valence-corrected chi connectivity index (χ1v) is 8.51. The molecule has 1 aliphatic heterocycles. The zero-order valence-corrected chi connectivity index (χ0v) is 13.6. The van der Waals surface area contributed by atoms with Gasteiger partial charge in [-0.1, -0.05) is 18.9 Å². The van der Waals surface area contributed by atoms with Crippen LogP contribution in [0.5, 0.6) is 0 Å². The van der Waals surface area contributed by atoms with Gasteiger partial charge in [0.05, 0.1) is 6.42 Å². The van der Waals surface area contributed by atoms with Crippen molar-refractivity contribution in [2.24, 2.45) is 0 Å². The molecule has 0 atom stereocenters. The van der Waals surface area contributed by atoms with Crippen molar-refractivity contribution in [1.82, 2.24) is 10.4 Å². The average molecular weight is 336 g/mol. The summed E-state index contributed by atoms with van der Waals surface area (Å²) in [5.41, 5.74) is 2.15. The Bertz CT molecular complexity index is 595. The molecule has 2 N–H and O–H groups in total. The topological polar surface area (TPSA) is 86.7 Å². The van der Waals surface area contributed by atoms with Crippen molar-refractivity contribution in [3.8, 4) is 0 Å². The zero-order chi connectivity index (χ0) is 16.7. The smallest absolute Gasteiger partial charge is 0.256 e.